The summed E-state index contributed by atoms with van der Waals surface area (Å²) in [6, 6.07) is 8.60. The smallest absolute Gasteiger partial charge is 0.239 e. The van der Waals surface area contributed by atoms with Crippen LogP contribution < -0.4 is 10.2 Å². The molecule has 1 aromatic rings. The largest absolute Gasteiger partial charge is 0.360 e. The molecule has 3 heteroatoms. The molecule has 0 radical (unpaired) electrons. The summed E-state index contributed by atoms with van der Waals surface area (Å²) in [7, 11) is 0. The number of nitrogens with zero attached hydrogens (tertiary/aromatic N) is 1. The van der Waals surface area contributed by atoms with E-state index in [-0.39, 0.29) is 17.5 Å². The molecule has 0 aliphatic heterocycles. The van der Waals surface area contributed by atoms with Gasteiger partial charge < -0.3 is 10.2 Å². The van der Waals surface area contributed by atoms with Crippen molar-refractivity contribution in [3.8, 4) is 0 Å². The molecule has 0 saturated heterocycles. The van der Waals surface area contributed by atoms with Gasteiger partial charge in [0.1, 0.15) is 0 Å². The van der Waals surface area contributed by atoms with Crippen molar-refractivity contribution in [2.45, 2.75) is 59.5 Å². The Bertz CT molecular complexity index is 435. The van der Waals surface area contributed by atoms with E-state index in [9.17, 15) is 4.79 Å². The van der Waals surface area contributed by atoms with Gasteiger partial charge in [0.05, 0.1) is 6.54 Å². The topological polar surface area (TPSA) is 32.3 Å². The molecule has 1 N–H and O–H groups in total. The van der Waals surface area contributed by atoms with Crippen molar-refractivity contribution in [3.05, 3.63) is 29.8 Å². The highest BCUT2D eigenvalue weighted by Gasteiger charge is 2.21. The van der Waals surface area contributed by atoms with E-state index in [2.05, 4.69) is 76.0 Å². The summed E-state index contributed by atoms with van der Waals surface area (Å²) in [6.45, 7) is 12.9. The lowest BCUT2D eigenvalue weighted by Gasteiger charge is -2.31. The van der Waals surface area contributed by atoms with Crippen LogP contribution in [-0.4, -0.2) is 24.0 Å². The third kappa shape index (κ3) is 4.87. The molecule has 0 bridgehead atoms. The second kappa shape index (κ2) is 6.78. The van der Waals surface area contributed by atoms with Crippen molar-refractivity contribution in [1.82, 2.24) is 5.32 Å². The van der Waals surface area contributed by atoms with Gasteiger partial charge >= 0.3 is 0 Å². The fourth-order valence-electron chi connectivity index (χ4n) is 1.97. The van der Waals surface area contributed by atoms with Crippen LogP contribution in [0.1, 0.15) is 46.6 Å². The van der Waals surface area contributed by atoms with Crippen LogP contribution in [0.25, 0.3) is 0 Å². The molecule has 0 atom stereocenters. The van der Waals surface area contributed by atoms with E-state index in [0.29, 0.717) is 6.54 Å². The summed E-state index contributed by atoms with van der Waals surface area (Å²) in [5.41, 5.74) is 2.18. The van der Waals surface area contributed by atoms with Crippen molar-refractivity contribution < 1.29 is 4.79 Å². The highest BCUT2D eigenvalue weighted by molar-refractivity contribution is 5.82. The van der Waals surface area contributed by atoms with Crippen LogP contribution in [0.15, 0.2) is 24.3 Å². The molecule has 0 aliphatic carbocycles. The Hall–Kier alpha value is -1.51. The van der Waals surface area contributed by atoms with Crippen molar-refractivity contribution in [2.24, 2.45) is 0 Å². The zero-order chi connectivity index (χ0) is 15.3. The van der Waals surface area contributed by atoms with Crippen LogP contribution in [-0.2, 0) is 4.79 Å². The third-order valence-corrected chi connectivity index (χ3v) is 3.66. The van der Waals surface area contributed by atoms with Gasteiger partial charge in [0.2, 0.25) is 5.91 Å². The highest BCUT2D eigenvalue weighted by atomic mass is 16.2. The van der Waals surface area contributed by atoms with Gasteiger partial charge in [0.25, 0.3) is 0 Å². The first-order valence-electron chi connectivity index (χ1n) is 7.39. The first kappa shape index (κ1) is 16.5. The van der Waals surface area contributed by atoms with Gasteiger partial charge in [-0.05, 0) is 53.2 Å². The van der Waals surface area contributed by atoms with E-state index in [1.165, 1.54) is 5.56 Å². The second-order valence-corrected chi connectivity index (χ2v) is 6.34. The Morgan fingerprint density at radius 2 is 1.80 bits per heavy atom. The number of amides is 1. The van der Waals surface area contributed by atoms with E-state index >= 15 is 0 Å². The molecule has 1 amide bonds. The minimum Gasteiger partial charge on any atom is -0.360 e. The quantitative estimate of drug-likeness (QED) is 0.862. The van der Waals surface area contributed by atoms with Crippen LogP contribution in [0.3, 0.4) is 0 Å². The van der Waals surface area contributed by atoms with Gasteiger partial charge in [-0.1, -0.05) is 24.6 Å². The number of anilines is 1. The number of rotatable bonds is 6. The van der Waals surface area contributed by atoms with Gasteiger partial charge in [-0.2, -0.15) is 0 Å². The monoisotopic (exact) mass is 276 g/mol. The van der Waals surface area contributed by atoms with E-state index in [1.54, 1.807) is 0 Å². The lowest BCUT2D eigenvalue weighted by Crippen LogP contribution is -2.48. The summed E-state index contributed by atoms with van der Waals surface area (Å²) in [5, 5.41) is 3.09. The van der Waals surface area contributed by atoms with Crippen LogP contribution in [0, 0.1) is 6.92 Å². The Kier molecular flexibility index (Phi) is 5.61. The molecule has 0 spiro atoms. The van der Waals surface area contributed by atoms with Crippen LogP contribution in [0.5, 0.6) is 0 Å². The summed E-state index contributed by atoms with van der Waals surface area (Å²) in [6.07, 6.45) is 0.922. The molecular formula is C17H28N2O. The number of nitrogens with one attached hydrogen (secondary N) is 1. The summed E-state index contributed by atoms with van der Waals surface area (Å²) >= 11 is 0. The predicted molar refractivity (Wildman–Crippen MR) is 86.2 cm³/mol. The lowest BCUT2D eigenvalue weighted by atomic mass is 10.0. The maximum atomic E-state index is 12.2. The standard InChI is InChI=1S/C17H28N2O/c1-7-17(5,6)18-16(20)12-19(13(2)3)15-10-8-14(4)9-11-15/h8-11,13H,7,12H2,1-6H3,(H,18,20). The van der Waals surface area contributed by atoms with E-state index in [0.717, 1.165) is 12.1 Å². The number of hydrogen-bond donors (Lipinski definition) is 1. The van der Waals surface area contributed by atoms with Gasteiger partial charge in [-0.15, -0.1) is 0 Å². The molecule has 0 unspecified atom stereocenters. The van der Waals surface area contributed by atoms with E-state index in [1.807, 2.05) is 0 Å². The Morgan fingerprint density at radius 3 is 2.25 bits per heavy atom. The predicted octanol–water partition coefficient (Wildman–Crippen LogP) is 3.51. The number of aryl methyl sites for hydroxylation is 1. The maximum Gasteiger partial charge on any atom is 0.239 e. The molecule has 112 valence electrons. The van der Waals surface area contributed by atoms with Crippen LogP contribution in [0.2, 0.25) is 0 Å². The minimum absolute atomic E-state index is 0.0751. The van der Waals surface area contributed by atoms with E-state index < -0.39 is 0 Å². The van der Waals surface area contributed by atoms with Gasteiger partial charge in [0.15, 0.2) is 0 Å². The number of carbonyl (C=O) groups excluding carboxylic acids is 1. The molecule has 0 aliphatic rings. The normalized spacial score (nSPS) is 11.6. The average Bonchev–Trinajstić information content (AvgIpc) is 2.36. The number of carbonyl (C=O) groups is 1. The molecule has 0 saturated carbocycles. The Morgan fingerprint density at radius 1 is 1.25 bits per heavy atom. The molecule has 0 aromatic heterocycles. The highest BCUT2D eigenvalue weighted by Crippen LogP contribution is 2.18. The molecule has 1 rings (SSSR count). The second-order valence-electron chi connectivity index (χ2n) is 6.34. The molecule has 3 nitrogen and oxygen atoms in total. The van der Waals surface area contributed by atoms with Crippen molar-refractivity contribution in [1.29, 1.82) is 0 Å². The first-order chi connectivity index (χ1) is 9.25. The fourth-order valence-corrected chi connectivity index (χ4v) is 1.97. The molecule has 0 fully saturated rings. The lowest BCUT2D eigenvalue weighted by molar-refractivity contribution is -0.121. The van der Waals surface area contributed by atoms with Gasteiger partial charge in [-0.25, -0.2) is 0 Å². The van der Waals surface area contributed by atoms with E-state index in [4.69, 9.17) is 0 Å². The maximum absolute atomic E-state index is 12.2. The summed E-state index contributed by atoms with van der Waals surface area (Å²) < 4.78 is 0. The molecule has 20 heavy (non-hydrogen) atoms. The first-order valence-corrected chi connectivity index (χ1v) is 7.39. The number of benzene rings is 1. The van der Waals surface area contributed by atoms with Crippen molar-refractivity contribution in [3.63, 3.8) is 0 Å². The minimum atomic E-state index is -0.146. The third-order valence-electron chi connectivity index (χ3n) is 3.66. The molecule has 1 aromatic carbocycles. The summed E-state index contributed by atoms with van der Waals surface area (Å²) in [4.78, 5) is 14.3. The zero-order valence-corrected chi connectivity index (χ0v) is 13.7. The summed E-state index contributed by atoms with van der Waals surface area (Å²) in [5.74, 6) is 0.0751. The molecular weight excluding hydrogens is 248 g/mol. The van der Waals surface area contributed by atoms with Gasteiger partial charge in [-0.3, -0.25) is 4.79 Å². The Labute approximate surface area is 123 Å². The fraction of sp³-hybridized carbons (Fsp3) is 0.588. The van der Waals surface area contributed by atoms with Gasteiger partial charge in [0, 0.05) is 17.3 Å². The number of hydrogen-bond acceptors (Lipinski definition) is 2. The van der Waals surface area contributed by atoms with Crippen molar-refractivity contribution >= 4 is 11.6 Å². The SMILES string of the molecule is CCC(C)(C)NC(=O)CN(c1ccc(C)cc1)C(C)C. The van der Waals surface area contributed by atoms with Crippen molar-refractivity contribution in [2.75, 3.05) is 11.4 Å². The van der Waals surface area contributed by atoms with Crippen LogP contribution in [0.4, 0.5) is 5.69 Å². The molecule has 0 heterocycles. The zero-order valence-electron chi connectivity index (χ0n) is 13.7. The average molecular weight is 276 g/mol. The van der Waals surface area contributed by atoms with Crippen LogP contribution >= 0.6 is 0 Å². The Balaban J connectivity index is 2.78.